The second kappa shape index (κ2) is 30.0. The van der Waals surface area contributed by atoms with Crippen LogP contribution in [0.15, 0.2) is 12.1 Å². The molecule has 0 saturated carbocycles. The van der Waals surface area contributed by atoms with Crippen LogP contribution >= 0.6 is 0 Å². The first-order chi connectivity index (χ1) is 23.4. The van der Waals surface area contributed by atoms with Gasteiger partial charge in [0.25, 0.3) is 0 Å². The van der Waals surface area contributed by atoms with Gasteiger partial charge in [-0.15, -0.1) is 0 Å². The third kappa shape index (κ3) is 19.4. The molecule has 0 aromatic heterocycles. The van der Waals surface area contributed by atoms with Gasteiger partial charge in [-0.3, -0.25) is 0 Å². The van der Waals surface area contributed by atoms with Crippen molar-refractivity contribution in [2.24, 2.45) is 0 Å². The predicted octanol–water partition coefficient (Wildman–Crippen LogP) is 15.0. The van der Waals surface area contributed by atoms with Crippen LogP contribution in [-0.4, -0.2) is 22.2 Å². The number of hydrogen-bond acceptors (Lipinski definition) is 2. The lowest BCUT2D eigenvalue weighted by atomic mass is 9.76. The molecule has 0 amide bonds. The number of hydrogen-bond donors (Lipinski definition) is 2. The van der Waals surface area contributed by atoms with Crippen molar-refractivity contribution in [3.63, 3.8) is 0 Å². The fraction of sp³-hybridized carbons (Fsp3) is 0.818. The number of benzene rings is 1. The van der Waals surface area contributed by atoms with Crippen LogP contribution in [0.1, 0.15) is 264 Å². The van der Waals surface area contributed by atoms with E-state index in [0.717, 1.165) is 68.9 Å². The number of carboxylic acids is 2. The Labute approximate surface area is 297 Å². The summed E-state index contributed by atoms with van der Waals surface area (Å²) in [5.41, 5.74) is 2.11. The first kappa shape index (κ1) is 44.2. The van der Waals surface area contributed by atoms with E-state index in [1.54, 1.807) is 6.07 Å². The number of aromatic carboxylic acids is 2. The van der Waals surface area contributed by atoms with Crippen molar-refractivity contribution in [1.82, 2.24) is 0 Å². The smallest absolute Gasteiger partial charge is 0.336 e. The van der Waals surface area contributed by atoms with E-state index in [1.165, 1.54) is 135 Å². The molecule has 2 N–H and O–H groups in total. The minimum Gasteiger partial charge on any atom is -0.478 e. The van der Waals surface area contributed by atoms with Gasteiger partial charge in [0.15, 0.2) is 0 Å². The van der Waals surface area contributed by atoms with Gasteiger partial charge in [-0.2, -0.15) is 0 Å². The third-order valence-corrected chi connectivity index (χ3v) is 10.7. The highest BCUT2D eigenvalue weighted by molar-refractivity contribution is 6.03. The molecule has 0 spiro atoms. The minimum atomic E-state index is -1.12. The summed E-state index contributed by atoms with van der Waals surface area (Å²) in [6.07, 6.45) is 36.3. The molecule has 0 unspecified atom stereocenters. The van der Waals surface area contributed by atoms with Gasteiger partial charge in [-0.25, -0.2) is 9.59 Å². The Balaban J connectivity index is 3.37. The number of rotatable bonds is 34. The molecule has 4 heteroatoms. The summed E-state index contributed by atoms with van der Waals surface area (Å²) < 4.78 is 0. The molecule has 0 saturated heterocycles. The molecule has 0 bridgehead atoms. The Hall–Kier alpha value is -1.84. The predicted molar refractivity (Wildman–Crippen MR) is 207 cm³/mol. The summed E-state index contributed by atoms with van der Waals surface area (Å²) in [6, 6.07) is 3.67. The molecule has 278 valence electrons. The maximum absolute atomic E-state index is 13.0. The molecular weight excluding hydrogens is 592 g/mol. The molecule has 48 heavy (non-hydrogen) atoms. The van der Waals surface area contributed by atoms with E-state index in [-0.39, 0.29) is 17.0 Å². The summed E-state index contributed by atoms with van der Waals surface area (Å²) in [4.78, 5) is 25.5. The maximum Gasteiger partial charge on any atom is 0.336 e. The van der Waals surface area contributed by atoms with E-state index in [4.69, 9.17) is 0 Å². The molecule has 2 atom stereocenters. The van der Waals surface area contributed by atoms with Crippen LogP contribution in [0.5, 0.6) is 0 Å². The van der Waals surface area contributed by atoms with Gasteiger partial charge in [0.05, 0.1) is 11.1 Å². The summed E-state index contributed by atoms with van der Waals surface area (Å²) in [6.45, 7) is 9.02. The topological polar surface area (TPSA) is 74.6 Å². The zero-order chi connectivity index (χ0) is 35.2. The van der Waals surface area contributed by atoms with Gasteiger partial charge in [-0.05, 0) is 54.7 Å². The van der Waals surface area contributed by atoms with Crippen molar-refractivity contribution < 1.29 is 19.8 Å². The van der Waals surface area contributed by atoms with Crippen molar-refractivity contribution in [3.05, 3.63) is 34.4 Å². The van der Waals surface area contributed by atoms with Crippen LogP contribution < -0.4 is 0 Å². The van der Waals surface area contributed by atoms with Crippen LogP contribution in [0.4, 0.5) is 0 Å². The van der Waals surface area contributed by atoms with Gasteiger partial charge < -0.3 is 10.2 Å². The zero-order valence-corrected chi connectivity index (χ0v) is 32.2. The van der Waals surface area contributed by atoms with Crippen molar-refractivity contribution in [1.29, 1.82) is 0 Å². The van der Waals surface area contributed by atoms with Gasteiger partial charge in [0, 0.05) is 0 Å². The van der Waals surface area contributed by atoms with Gasteiger partial charge >= 0.3 is 11.9 Å². The van der Waals surface area contributed by atoms with E-state index in [1.807, 2.05) is 6.07 Å². The standard InChI is InChI=1S/C44H78O4/c1-5-9-13-17-19-21-25-28-32-37(31-27-23-15-11-7-3)39-35-36-40(43(45)46)42(44(47)48)41(39)38(33-29-24-16-12-8-4)34-30-26-22-20-18-14-10-6-2/h35-38H,5-34H2,1-4H3,(H,45,46)(H,47,48)/t37-,38+/m1/s1. The molecule has 0 aliphatic rings. The quantitative estimate of drug-likeness (QED) is 0.0716. The lowest BCUT2D eigenvalue weighted by Gasteiger charge is -2.28. The Kier molecular flexibility index (Phi) is 27.6. The second-order valence-corrected chi connectivity index (χ2v) is 14.9. The van der Waals surface area contributed by atoms with Crippen molar-refractivity contribution >= 4 is 11.9 Å². The highest BCUT2D eigenvalue weighted by atomic mass is 16.4. The highest BCUT2D eigenvalue weighted by Crippen LogP contribution is 2.41. The molecule has 1 aromatic carbocycles. The van der Waals surface area contributed by atoms with Gasteiger partial charge in [0.2, 0.25) is 0 Å². The summed E-state index contributed by atoms with van der Waals surface area (Å²) >= 11 is 0. The molecule has 4 nitrogen and oxygen atoms in total. The van der Waals surface area contributed by atoms with Gasteiger partial charge in [-0.1, -0.05) is 201 Å². The SMILES string of the molecule is CCCCCCCCCC[C@@H](CCCCCCC)c1ccc(C(=O)O)c(C(=O)O)c1[C@@H](CCCCCCC)CCCCCCCCCC. The maximum atomic E-state index is 13.0. The Morgan fingerprint density at radius 3 is 1.06 bits per heavy atom. The van der Waals surface area contributed by atoms with Gasteiger partial charge in [0.1, 0.15) is 0 Å². The van der Waals surface area contributed by atoms with E-state index in [0.29, 0.717) is 5.92 Å². The van der Waals surface area contributed by atoms with Crippen LogP contribution in [0, 0.1) is 0 Å². The Morgan fingerprint density at radius 2 is 0.750 bits per heavy atom. The lowest BCUT2D eigenvalue weighted by Crippen LogP contribution is -2.18. The third-order valence-electron chi connectivity index (χ3n) is 10.7. The first-order valence-electron chi connectivity index (χ1n) is 21.1. The van der Waals surface area contributed by atoms with Crippen LogP contribution in [0.25, 0.3) is 0 Å². The molecule has 1 rings (SSSR count). The molecule has 0 fully saturated rings. The number of carbonyl (C=O) groups is 2. The molecular formula is C44H78O4. The first-order valence-corrected chi connectivity index (χ1v) is 21.1. The molecule has 0 aliphatic carbocycles. The van der Waals surface area contributed by atoms with E-state index >= 15 is 0 Å². The average molecular weight is 671 g/mol. The van der Waals surface area contributed by atoms with E-state index in [2.05, 4.69) is 27.7 Å². The average Bonchev–Trinajstić information content (AvgIpc) is 3.07. The number of unbranched alkanes of at least 4 members (excludes halogenated alkanes) is 22. The fourth-order valence-electron chi connectivity index (χ4n) is 7.77. The fourth-order valence-corrected chi connectivity index (χ4v) is 7.77. The highest BCUT2D eigenvalue weighted by Gasteiger charge is 2.30. The Morgan fingerprint density at radius 1 is 0.438 bits per heavy atom. The van der Waals surface area contributed by atoms with Crippen LogP contribution in [0.3, 0.4) is 0 Å². The summed E-state index contributed by atoms with van der Waals surface area (Å²) in [7, 11) is 0. The molecule has 1 aromatic rings. The van der Waals surface area contributed by atoms with E-state index < -0.39 is 11.9 Å². The largest absolute Gasteiger partial charge is 0.478 e. The zero-order valence-electron chi connectivity index (χ0n) is 32.2. The van der Waals surface area contributed by atoms with Crippen molar-refractivity contribution in [2.45, 2.75) is 232 Å². The lowest BCUT2D eigenvalue weighted by molar-refractivity contribution is 0.0649. The number of carboxylic acid groups (broad SMARTS) is 2. The molecule has 0 aliphatic heterocycles. The van der Waals surface area contributed by atoms with Crippen molar-refractivity contribution in [2.75, 3.05) is 0 Å². The van der Waals surface area contributed by atoms with Crippen LogP contribution in [-0.2, 0) is 0 Å². The van der Waals surface area contributed by atoms with Crippen LogP contribution in [0.2, 0.25) is 0 Å². The summed E-state index contributed by atoms with van der Waals surface area (Å²) in [5, 5.41) is 20.8. The normalized spacial score (nSPS) is 12.8. The minimum absolute atomic E-state index is 0.0260. The monoisotopic (exact) mass is 671 g/mol. The molecule has 0 heterocycles. The van der Waals surface area contributed by atoms with E-state index in [9.17, 15) is 19.8 Å². The molecule has 0 radical (unpaired) electrons. The second-order valence-electron chi connectivity index (χ2n) is 14.9. The summed E-state index contributed by atoms with van der Waals surface area (Å²) in [5.74, 6) is -1.78. The Bertz CT molecular complexity index is 938. The van der Waals surface area contributed by atoms with Crippen molar-refractivity contribution in [3.8, 4) is 0 Å².